The molecule has 6 heteroatoms. The van der Waals surface area contributed by atoms with Crippen molar-refractivity contribution in [2.24, 2.45) is 0 Å². The molecule has 1 aromatic carbocycles. The summed E-state index contributed by atoms with van der Waals surface area (Å²) < 4.78 is 11.2. The van der Waals surface area contributed by atoms with E-state index in [-0.39, 0.29) is 10.8 Å². The summed E-state index contributed by atoms with van der Waals surface area (Å²) in [5, 5.41) is 11.9. The summed E-state index contributed by atoms with van der Waals surface area (Å²) in [6.07, 6.45) is 1.62. The Labute approximate surface area is 102 Å². The van der Waals surface area contributed by atoms with Gasteiger partial charge in [0, 0.05) is 40.2 Å². The normalized spacial score (nSPS) is 14.0. The van der Waals surface area contributed by atoms with Gasteiger partial charge in [-0.25, -0.2) is 4.79 Å². The van der Waals surface area contributed by atoms with Gasteiger partial charge in [-0.3, -0.25) is 4.21 Å². The van der Waals surface area contributed by atoms with Crippen molar-refractivity contribution in [3.8, 4) is 0 Å². The van der Waals surface area contributed by atoms with Gasteiger partial charge >= 0.3 is 5.97 Å². The van der Waals surface area contributed by atoms with E-state index in [2.05, 4.69) is 5.32 Å². The lowest BCUT2D eigenvalue weighted by atomic mass is 10.1. The van der Waals surface area contributed by atoms with Crippen LogP contribution in [-0.4, -0.2) is 33.3 Å². The van der Waals surface area contributed by atoms with E-state index >= 15 is 0 Å². The van der Waals surface area contributed by atoms with Gasteiger partial charge in [-0.05, 0) is 25.1 Å². The lowest BCUT2D eigenvalue weighted by molar-refractivity contribution is 0.0698. The van der Waals surface area contributed by atoms with E-state index in [1.54, 1.807) is 18.4 Å². The molecule has 1 rings (SSSR count). The van der Waals surface area contributed by atoms with E-state index in [0.717, 1.165) is 0 Å². The van der Waals surface area contributed by atoms with Crippen LogP contribution >= 0.6 is 0 Å². The third-order valence-corrected chi connectivity index (χ3v) is 3.72. The molecule has 2 atom stereocenters. The molecule has 1 aromatic rings. The number of benzene rings is 1. The highest BCUT2D eigenvalue weighted by atomic mass is 32.2. The lowest BCUT2D eigenvalue weighted by Crippen LogP contribution is -2.21. The molecular weight excluding hydrogens is 240 g/mol. The molecule has 0 radical (unpaired) electrons. The van der Waals surface area contributed by atoms with Crippen LogP contribution in [0.5, 0.6) is 0 Å². The molecule has 0 amide bonds. The van der Waals surface area contributed by atoms with Crippen molar-refractivity contribution >= 4 is 28.1 Å². The van der Waals surface area contributed by atoms with Gasteiger partial charge in [0.25, 0.3) is 0 Å². The van der Waals surface area contributed by atoms with Gasteiger partial charge in [0.05, 0.1) is 5.56 Å². The second-order valence-corrected chi connectivity index (χ2v) is 5.60. The smallest absolute Gasteiger partial charge is 0.337 e. The molecule has 94 valence electrons. The molecule has 0 heterocycles. The number of nitrogens with two attached hydrogens (primary N) is 1. The molecule has 5 nitrogen and oxygen atoms in total. The second-order valence-electron chi connectivity index (χ2n) is 3.80. The zero-order chi connectivity index (χ0) is 13.0. The van der Waals surface area contributed by atoms with E-state index in [9.17, 15) is 9.00 Å². The molecular formula is C11H16N2O3S. The third-order valence-electron chi connectivity index (χ3n) is 2.42. The second kappa shape index (κ2) is 5.67. The molecule has 0 bridgehead atoms. The van der Waals surface area contributed by atoms with E-state index in [0.29, 0.717) is 17.9 Å². The van der Waals surface area contributed by atoms with E-state index in [1.165, 1.54) is 6.07 Å². The minimum Gasteiger partial charge on any atom is -0.478 e. The zero-order valence-electron chi connectivity index (χ0n) is 9.77. The van der Waals surface area contributed by atoms with Gasteiger partial charge in [-0.1, -0.05) is 0 Å². The van der Waals surface area contributed by atoms with Crippen molar-refractivity contribution in [3.05, 3.63) is 23.8 Å². The number of nitrogens with one attached hydrogen (secondary N) is 1. The monoisotopic (exact) mass is 256 g/mol. The highest BCUT2D eigenvalue weighted by molar-refractivity contribution is 7.84. The Kier molecular flexibility index (Phi) is 4.51. The largest absolute Gasteiger partial charge is 0.478 e. The summed E-state index contributed by atoms with van der Waals surface area (Å²) in [5.74, 6) is -1.04. The number of nitrogen functional groups attached to an aromatic ring is 1. The van der Waals surface area contributed by atoms with Gasteiger partial charge in [0.2, 0.25) is 0 Å². The summed E-state index contributed by atoms with van der Waals surface area (Å²) >= 11 is 0. The van der Waals surface area contributed by atoms with Crippen molar-refractivity contribution in [1.82, 2.24) is 0 Å². The Morgan fingerprint density at radius 1 is 1.59 bits per heavy atom. The fraction of sp³-hybridized carbons (Fsp3) is 0.364. The predicted molar refractivity (Wildman–Crippen MR) is 69.8 cm³/mol. The first-order valence-electron chi connectivity index (χ1n) is 5.10. The van der Waals surface area contributed by atoms with E-state index < -0.39 is 16.8 Å². The summed E-state index contributed by atoms with van der Waals surface area (Å²) in [5.41, 5.74) is 6.55. The number of hydrogen-bond acceptors (Lipinski definition) is 4. The molecule has 0 saturated heterocycles. The third kappa shape index (κ3) is 3.74. The molecule has 2 unspecified atom stereocenters. The van der Waals surface area contributed by atoms with Crippen molar-refractivity contribution in [2.45, 2.75) is 12.2 Å². The topological polar surface area (TPSA) is 92.4 Å². The van der Waals surface area contributed by atoms with Gasteiger partial charge < -0.3 is 16.2 Å². The van der Waals surface area contributed by atoms with Gasteiger partial charge in [0.15, 0.2) is 0 Å². The number of aromatic carboxylic acids is 1. The quantitative estimate of drug-likeness (QED) is 0.687. The number of carboxylic acids is 1. The van der Waals surface area contributed by atoms with Crippen LogP contribution in [0.25, 0.3) is 0 Å². The predicted octanol–water partition coefficient (Wildman–Crippen LogP) is 1.15. The first-order chi connectivity index (χ1) is 7.91. The van der Waals surface area contributed by atoms with Crippen molar-refractivity contribution in [2.75, 3.05) is 23.9 Å². The van der Waals surface area contributed by atoms with Crippen LogP contribution in [0.1, 0.15) is 17.3 Å². The highest BCUT2D eigenvalue weighted by Crippen LogP contribution is 2.19. The van der Waals surface area contributed by atoms with Crippen LogP contribution in [0.4, 0.5) is 11.4 Å². The Balaban J connectivity index is 2.84. The van der Waals surface area contributed by atoms with Gasteiger partial charge in [-0.2, -0.15) is 0 Å². The Morgan fingerprint density at radius 2 is 2.24 bits per heavy atom. The maximum Gasteiger partial charge on any atom is 0.337 e. The minimum atomic E-state index is -1.04. The summed E-state index contributed by atoms with van der Waals surface area (Å²) in [7, 11) is -0.940. The number of rotatable bonds is 5. The molecule has 0 aromatic heterocycles. The standard InChI is InChI=1S/C11H16N2O3S/c1-7(17(2)16)6-13-10-4-3-8(12)5-9(10)11(14)15/h3-5,7,13H,6,12H2,1-2H3,(H,14,15). The maximum absolute atomic E-state index is 11.2. The average Bonchev–Trinajstić information content (AvgIpc) is 2.26. The van der Waals surface area contributed by atoms with Crippen molar-refractivity contribution in [3.63, 3.8) is 0 Å². The Morgan fingerprint density at radius 3 is 2.76 bits per heavy atom. The summed E-state index contributed by atoms with van der Waals surface area (Å²) in [4.78, 5) is 11.0. The van der Waals surface area contributed by atoms with E-state index in [4.69, 9.17) is 10.8 Å². The fourth-order valence-electron chi connectivity index (χ4n) is 1.26. The molecule has 0 aliphatic heterocycles. The van der Waals surface area contributed by atoms with Crippen LogP contribution < -0.4 is 11.1 Å². The number of hydrogen-bond donors (Lipinski definition) is 3. The van der Waals surface area contributed by atoms with Crippen LogP contribution in [0.2, 0.25) is 0 Å². The van der Waals surface area contributed by atoms with Crippen LogP contribution in [0.15, 0.2) is 18.2 Å². The molecule has 4 N–H and O–H groups in total. The molecule has 0 spiro atoms. The van der Waals surface area contributed by atoms with Crippen LogP contribution in [-0.2, 0) is 10.8 Å². The van der Waals surface area contributed by atoms with Crippen LogP contribution in [0.3, 0.4) is 0 Å². The number of anilines is 2. The fourth-order valence-corrected chi connectivity index (χ4v) is 1.58. The number of carboxylic acid groups (broad SMARTS) is 1. The van der Waals surface area contributed by atoms with Crippen molar-refractivity contribution < 1.29 is 14.1 Å². The van der Waals surface area contributed by atoms with Gasteiger partial charge in [0.1, 0.15) is 0 Å². The summed E-state index contributed by atoms with van der Waals surface area (Å²) in [6.45, 7) is 2.29. The van der Waals surface area contributed by atoms with Gasteiger partial charge in [-0.15, -0.1) is 0 Å². The highest BCUT2D eigenvalue weighted by Gasteiger charge is 2.12. The maximum atomic E-state index is 11.2. The van der Waals surface area contributed by atoms with Crippen molar-refractivity contribution in [1.29, 1.82) is 0 Å². The molecule has 0 aliphatic rings. The average molecular weight is 256 g/mol. The van der Waals surface area contributed by atoms with Crippen LogP contribution in [0, 0.1) is 0 Å². The minimum absolute atomic E-state index is 0.0470. The SMILES string of the molecule is CC(CNc1ccc(N)cc1C(=O)O)S(C)=O. The molecule has 0 aliphatic carbocycles. The first-order valence-corrected chi connectivity index (χ1v) is 6.73. The first kappa shape index (κ1) is 13.5. The molecule has 0 saturated carbocycles. The zero-order valence-corrected chi connectivity index (χ0v) is 10.6. The van der Waals surface area contributed by atoms with E-state index in [1.807, 2.05) is 6.92 Å². The Bertz CT molecular complexity index is 448. The molecule has 0 fully saturated rings. The lowest BCUT2D eigenvalue weighted by Gasteiger charge is -2.13. The molecule has 17 heavy (non-hydrogen) atoms. The summed E-state index contributed by atoms with van der Waals surface area (Å²) in [6, 6.07) is 4.64. The number of carbonyl (C=O) groups is 1. The Hall–Kier alpha value is -1.56.